The van der Waals surface area contributed by atoms with Gasteiger partial charge in [0.25, 0.3) is 0 Å². The largest absolute Gasteiger partial charge is 0.390 e. The number of imidazole rings is 1. The van der Waals surface area contributed by atoms with Crippen LogP contribution < -0.4 is 0 Å². The number of nitrogens with zero attached hydrogens (tertiary/aromatic N) is 6. The number of H-pyrrole nitrogens is 1. The van der Waals surface area contributed by atoms with Crippen LogP contribution in [0.15, 0.2) is 48.5 Å². The number of aromatic nitrogens is 7. The predicted octanol–water partition coefficient (Wildman–Crippen LogP) is 5.78. The third kappa shape index (κ3) is 4.85. The lowest BCUT2D eigenvalue weighted by atomic mass is 9.96. The standard InChI is InChI=1S/C31H35N7O/c1-5-8-27-33-28-19(2)17-22(15-16-31(3,4)39)32-30(28)38(27)26-14-12-21-18-20(11-13-24(21)26)23-9-6-7-10-25(23)29-34-36-37-35-29/h6-7,9-11,13,17-18,26,39H,5,8,12,14-16H2,1-4H3,(H,34,35,36,37). The maximum atomic E-state index is 10.3. The number of hydrogen-bond donors (Lipinski definition) is 2. The molecule has 1 atom stereocenters. The van der Waals surface area contributed by atoms with Crippen LogP contribution in [0.4, 0.5) is 0 Å². The minimum absolute atomic E-state index is 0.199. The normalized spacial score (nSPS) is 15.3. The molecule has 0 radical (unpaired) electrons. The number of fused-ring (bicyclic) bond motifs is 2. The summed E-state index contributed by atoms with van der Waals surface area (Å²) in [4.78, 5) is 10.2. The van der Waals surface area contributed by atoms with Gasteiger partial charge in [0.15, 0.2) is 5.65 Å². The van der Waals surface area contributed by atoms with Gasteiger partial charge in [-0.2, -0.15) is 5.21 Å². The van der Waals surface area contributed by atoms with Crippen molar-refractivity contribution >= 4 is 11.2 Å². The maximum absolute atomic E-state index is 10.3. The highest BCUT2D eigenvalue weighted by atomic mass is 16.3. The minimum atomic E-state index is -0.720. The Hall–Kier alpha value is -3.91. The van der Waals surface area contributed by atoms with Crippen molar-refractivity contribution in [3.63, 3.8) is 0 Å². The smallest absolute Gasteiger partial charge is 0.205 e. The van der Waals surface area contributed by atoms with Gasteiger partial charge in [-0.25, -0.2) is 9.97 Å². The van der Waals surface area contributed by atoms with Crippen molar-refractivity contribution < 1.29 is 5.11 Å². The number of aryl methyl sites for hydroxylation is 4. The van der Waals surface area contributed by atoms with E-state index in [1.807, 2.05) is 32.0 Å². The Balaban J connectivity index is 1.41. The number of pyridine rings is 1. The van der Waals surface area contributed by atoms with E-state index in [9.17, 15) is 5.11 Å². The van der Waals surface area contributed by atoms with Crippen molar-refractivity contribution in [3.05, 3.63) is 76.7 Å². The van der Waals surface area contributed by atoms with E-state index >= 15 is 0 Å². The fraction of sp³-hybridized carbons (Fsp3) is 0.387. The summed E-state index contributed by atoms with van der Waals surface area (Å²) in [6, 6.07) is 17.3. The number of aliphatic hydroxyl groups is 1. The Kier molecular flexibility index (Phi) is 6.51. The molecule has 8 nitrogen and oxygen atoms in total. The first-order chi connectivity index (χ1) is 18.8. The van der Waals surface area contributed by atoms with E-state index in [1.54, 1.807) is 0 Å². The zero-order valence-electron chi connectivity index (χ0n) is 23.1. The molecule has 1 unspecified atom stereocenters. The molecule has 0 spiro atoms. The summed E-state index contributed by atoms with van der Waals surface area (Å²) >= 11 is 0. The number of hydrogen-bond acceptors (Lipinski definition) is 6. The number of tetrazole rings is 1. The van der Waals surface area contributed by atoms with Crippen LogP contribution in [0.25, 0.3) is 33.7 Å². The molecule has 1 aliphatic carbocycles. The molecular formula is C31H35N7O. The van der Waals surface area contributed by atoms with Crippen LogP contribution in [0, 0.1) is 6.92 Å². The van der Waals surface area contributed by atoms with Crippen molar-refractivity contribution in [3.8, 4) is 22.5 Å². The van der Waals surface area contributed by atoms with E-state index in [4.69, 9.17) is 9.97 Å². The van der Waals surface area contributed by atoms with Crippen LogP contribution in [0.1, 0.15) is 74.3 Å². The van der Waals surface area contributed by atoms with Crippen LogP contribution in [0.3, 0.4) is 0 Å². The van der Waals surface area contributed by atoms with E-state index in [0.29, 0.717) is 12.2 Å². The molecule has 1 aliphatic rings. The van der Waals surface area contributed by atoms with Crippen LogP contribution >= 0.6 is 0 Å². The van der Waals surface area contributed by atoms with Crippen molar-refractivity contribution in [2.24, 2.45) is 0 Å². The molecule has 0 fully saturated rings. The van der Waals surface area contributed by atoms with Gasteiger partial charge in [-0.15, -0.1) is 10.2 Å². The summed E-state index contributed by atoms with van der Waals surface area (Å²) in [5.74, 6) is 1.70. The summed E-state index contributed by atoms with van der Waals surface area (Å²) in [5.41, 5.74) is 9.31. The van der Waals surface area contributed by atoms with Gasteiger partial charge in [0.1, 0.15) is 11.3 Å². The summed E-state index contributed by atoms with van der Waals surface area (Å²) in [5, 5.41) is 25.0. The van der Waals surface area contributed by atoms with Gasteiger partial charge in [-0.3, -0.25) is 0 Å². The first-order valence-electron chi connectivity index (χ1n) is 13.9. The molecule has 200 valence electrons. The quantitative estimate of drug-likeness (QED) is 0.268. The molecule has 0 aliphatic heterocycles. The monoisotopic (exact) mass is 521 g/mol. The second-order valence-corrected chi connectivity index (χ2v) is 11.3. The molecule has 6 rings (SSSR count). The summed E-state index contributed by atoms with van der Waals surface area (Å²) in [7, 11) is 0. The van der Waals surface area contributed by atoms with Gasteiger partial charge in [-0.05, 0) is 92.0 Å². The first-order valence-corrected chi connectivity index (χ1v) is 13.9. The van der Waals surface area contributed by atoms with Crippen LogP contribution in [-0.4, -0.2) is 45.9 Å². The highest BCUT2D eigenvalue weighted by Crippen LogP contribution is 2.40. The van der Waals surface area contributed by atoms with Gasteiger partial charge in [-0.1, -0.05) is 49.4 Å². The lowest BCUT2D eigenvalue weighted by Gasteiger charge is -2.19. The average Bonchev–Trinajstić information content (AvgIpc) is 3.66. The average molecular weight is 522 g/mol. The highest BCUT2D eigenvalue weighted by Gasteiger charge is 2.29. The van der Waals surface area contributed by atoms with Gasteiger partial charge in [0, 0.05) is 17.7 Å². The second-order valence-electron chi connectivity index (χ2n) is 11.3. The number of aromatic amines is 1. The maximum Gasteiger partial charge on any atom is 0.205 e. The van der Waals surface area contributed by atoms with Crippen molar-refractivity contribution in [1.82, 2.24) is 35.2 Å². The van der Waals surface area contributed by atoms with Crippen molar-refractivity contribution in [2.75, 3.05) is 0 Å². The molecule has 8 heteroatoms. The number of nitrogens with one attached hydrogen (secondary N) is 1. The summed E-state index contributed by atoms with van der Waals surface area (Å²) in [6.07, 6.45) is 5.36. The fourth-order valence-electron chi connectivity index (χ4n) is 5.85. The Morgan fingerprint density at radius 2 is 1.87 bits per heavy atom. The van der Waals surface area contributed by atoms with Gasteiger partial charge in [0.2, 0.25) is 5.82 Å². The molecule has 3 aromatic heterocycles. The van der Waals surface area contributed by atoms with E-state index in [1.165, 1.54) is 11.1 Å². The molecule has 5 aromatic rings. The Morgan fingerprint density at radius 3 is 2.62 bits per heavy atom. The van der Waals surface area contributed by atoms with Gasteiger partial charge < -0.3 is 9.67 Å². The van der Waals surface area contributed by atoms with E-state index in [-0.39, 0.29) is 6.04 Å². The molecule has 0 saturated heterocycles. The van der Waals surface area contributed by atoms with Crippen molar-refractivity contribution in [2.45, 2.75) is 77.9 Å². The molecule has 39 heavy (non-hydrogen) atoms. The van der Waals surface area contributed by atoms with Crippen LogP contribution in [0.5, 0.6) is 0 Å². The molecule has 2 N–H and O–H groups in total. The SMILES string of the molecule is CCCc1nc2c(C)cc(CCC(C)(C)O)nc2n1C1CCc2cc(-c3ccccc3-c3nn[nH]n3)ccc21. The molecule has 0 saturated carbocycles. The molecular weight excluding hydrogens is 486 g/mol. The number of rotatable bonds is 8. The Morgan fingerprint density at radius 1 is 1.05 bits per heavy atom. The first kappa shape index (κ1) is 25.4. The lowest BCUT2D eigenvalue weighted by molar-refractivity contribution is 0.0711. The Labute approximate surface area is 228 Å². The number of benzene rings is 2. The van der Waals surface area contributed by atoms with E-state index in [2.05, 4.69) is 69.4 Å². The molecule has 3 heterocycles. The fourth-order valence-corrected chi connectivity index (χ4v) is 5.85. The topological polar surface area (TPSA) is 105 Å². The summed E-state index contributed by atoms with van der Waals surface area (Å²) < 4.78 is 2.40. The zero-order chi connectivity index (χ0) is 27.1. The van der Waals surface area contributed by atoms with Crippen LogP contribution in [-0.2, 0) is 19.3 Å². The molecule has 2 aromatic carbocycles. The highest BCUT2D eigenvalue weighted by molar-refractivity contribution is 5.81. The van der Waals surface area contributed by atoms with Crippen LogP contribution in [0.2, 0.25) is 0 Å². The van der Waals surface area contributed by atoms with Gasteiger partial charge >= 0.3 is 0 Å². The molecule has 0 bridgehead atoms. The second kappa shape index (κ2) is 10.0. The Bertz CT molecular complexity index is 1630. The molecule has 0 amide bonds. The van der Waals surface area contributed by atoms with Gasteiger partial charge in [0.05, 0.1) is 11.6 Å². The third-order valence-corrected chi connectivity index (χ3v) is 7.76. The third-order valence-electron chi connectivity index (χ3n) is 7.76. The van der Waals surface area contributed by atoms with E-state index in [0.717, 1.165) is 77.0 Å². The summed E-state index contributed by atoms with van der Waals surface area (Å²) in [6.45, 7) is 8.04. The van der Waals surface area contributed by atoms with E-state index < -0.39 is 5.60 Å². The predicted molar refractivity (Wildman–Crippen MR) is 152 cm³/mol. The minimum Gasteiger partial charge on any atom is -0.390 e. The lowest BCUT2D eigenvalue weighted by Crippen LogP contribution is -2.19. The van der Waals surface area contributed by atoms with Crippen molar-refractivity contribution in [1.29, 1.82) is 0 Å². The zero-order valence-corrected chi connectivity index (χ0v) is 23.1.